The Hall–Kier alpha value is -2.14. The summed E-state index contributed by atoms with van der Waals surface area (Å²) in [5, 5.41) is 8.94. The zero-order valence-electron chi connectivity index (χ0n) is 8.46. The third-order valence-electron chi connectivity index (χ3n) is 2.41. The van der Waals surface area contributed by atoms with E-state index in [1.165, 1.54) is 0 Å². The molecule has 0 unspecified atom stereocenters. The number of imidazole rings is 2. The van der Waals surface area contributed by atoms with Crippen LogP contribution in [0.4, 0.5) is 0 Å². The molecule has 0 spiro atoms. The molecule has 0 fully saturated rings. The molecule has 3 heterocycles. The van der Waals surface area contributed by atoms with Gasteiger partial charge in [-0.25, -0.2) is 9.97 Å². The molecular weight excluding hydrogens is 204 g/mol. The molecule has 16 heavy (non-hydrogen) atoms. The molecule has 0 aliphatic heterocycles. The lowest BCUT2D eigenvalue weighted by Gasteiger charge is -1.87. The van der Waals surface area contributed by atoms with Crippen LogP contribution in [0.1, 0.15) is 5.69 Å². The van der Waals surface area contributed by atoms with Crippen molar-refractivity contribution < 1.29 is 5.11 Å². The number of aromatic amines is 1. The summed E-state index contributed by atoms with van der Waals surface area (Å²) in [4.78, 5) is 11.6. The minimum absolute atomic E-state index is 0.0413. The molecule has 0 saturated carbocycles. The number of H-pyrrole nitrogens is 1. The van der Waals surface area contributed by atoms with Gasteiger partial charge in [0.2, 0.25) is 0 Å². The molecule has 0 atom stereocenters. The van der Waals surface area contributed by atoms with E-state index in [-0.39, 0.29) is 6.61 Å². The summed E-state index contributed by atoms with van der Waals surface area (Å²) in [6.07, 6.45) is 5.44. The van der Waals surface area contributed by atoms with Crippen molar-refractivity contribution in [3.05, 3.63) is 42.5 Å². The molecule has 5 heteroatoms. The Kier molecular flexibility index (Phi) is 1.97. The van der Waals surface area contributed by atoms with E-state index in [1.807, 2.05) is 35.0 Å². The number of pyridine rings is 1. The van der Waals surface area contributed by atoms with Crippen LogP contribution in [-0.4, -0.2) is 24.5 Å². The highest BCUT2D eigenvalue weighted by molar-refractivity contribution is 5.55. The van der Waals surface area contributed by atoms with Crippen molar-refractivity contribution in [3.63, 3.8) is 0 Å². The average molecular weight is 214 g/mol. The molecular formula is C11H10N4O. The number of nitrogens with zero attached hydrogens (tertiary/aromatic N) is 3. The zero-order chi connectivity index (χ0) is 11.0. The minimum atomic E-state index is -0.0413. The van der Waals surface area contributed by atoms with Crippen LogP contribution in [0.15, 0.2) is 36.8 Å². The quantitative estimate of drug-likeness (QED) is 0.674. The highest BCUT2D eigenvalue weighted by atomic mass is 16.3. The second kappa shape index (κ2) is 3.46. The molecule has 3 aromatic rings. The van der Waals surface area contributed by atoms with Crippen molar-refractivity contribution >= 4 is 5.65 Å². The van der Waals surface area contributed by atoms with Gasteiger partial charge in [0.15, 0.2) is 5.82 Å². The average Bonchev–Trinajstić information content (AvgIpc) is 2.95. The van der Waals surface area contributed by atoms with Crippen LogP contribution in [0.25, 0.3) is 17.2 Å². The van der Waals surface area contributed by atoms with Crippen LogP contribution < -0.4 is 0 Å². The summed E-state index contributed by atoms with van der Waals surface area (Å²) in [5.74, 6) is 0.674. The number of hydrogen-bond acceptors (Lipinski definition) is 3. The number of rotatable bonds is 2. The first-order valence-electron chi connectivity index (χ1n) is 4.95. The van der Waals surface area contributed by atoms with Crippen LogP contribution in [0.2, 0.25) is 0 Å². The second-order valence-electron chi connectivity index (χ2n) is 3.51. The molecule has 5 nitrogen and oxygen atoms in total. The van der Waals surface area contributed by atoms with Gasteiger partial charge in [0, 0.05) is 12.4 Å². The first kappa shape index (κ1) is 9.11. The first-order valence-corrected chi connectivity index (χ1v) is 4.95. The summed E-state index contributed by atoms with van der Waals surface area (Å²) in [6.45, 7) is -0.0413. The lowest BCUT2D eigenvalue weighted by Crippen LogP contribution is -1.83. The highest BCUT2D eigenvalue weighted by Gasteiger charge is 2.07. The molecule has 3 aromatic heterocycles. The molecule has 0 amide bonds. The van der Waals surface area contributed by atoms with Crippen molar-refractivity contribution in [2.75, 3.05) is 0 Å². The topological polar surface area (TPSA) is 66.2 Å². The van der Waals surface area contributed by atoms with Crippen molar-refractivity contribution in [1.82, 2.24) is 19.4 Å². The third kappa shape index (κ3) is 1.38. The van der Waals surface area contributed by atoms with E-state index in [0.717, 1.165) is 11.3 Å². The number of aromatic nitrogens is 4. The van der Waals surface area contributed by atoms with E-state index >= 15 is 0 Å². The van der Waals surface area contributed by atoms with Crippen molar-refractivity contribution in [1.29, 1.82) is 0 Å². The van der Waals surface area contributed by atoms with Crippen LogP contribution in [0.5, 0.6) is 0 Å². The number of aliphatic hydroxyl groups is 1. The van der Waals surface area contributed by atoms with Gasteiger partial charge in [-0.3, -0.25) is 0 Å². The lowest BCUT2D eigenvalue weighted by molar-refractivity contribution is 0.277. The number of aliphatic hydroxyl groups excluding tert-OH is 1. The van der Waals surface area contributed by atoms with Crippen LogP contribution in [0, 0.1) is 0 Å². The summed E-state index contributed by atoms with van der Waals surface area (Å²) < 4.78 is 1.93. The van der Waals surface area contributed by atoms with E-state index in [2.05, 4.69) is 15.0 Å². The van der Waals surface area contributed by atoms with E-state index in [9.17, 15) is 0 Å². The van der Waals surface area contributed by atoms with Gasteiger partial charge < -0.3 is 14.5 Å². The monoisotopic (exact) mass is 214 g/mol. The predicted octanol–water partition coefficient (Wildman–Crippen LogP) is 1.22. The second-order valence-corrected chi connectivity index (χ2v) is 3.51. The third-order valence-corrected chi connectivity index (χ3v) is 2.41. The Labute approximate surface area is 91.4 Å². The first-order chi connectivity index (χ1) is 7.86. The van der Waals surface area contributed by atoms with Gasteiger partial charge in [-0.05, 0) is 12.1 Å². The van der Waals surface area contributed by atoms with Crippen LogP contribution >= 0.6 is 0 Å². The predicted molar refractivity (Wildman–Crippen MR) is 58.7 cm³/mol. The fourth-order valence-corrected chi connectivity index (χ4v) is 1.62. The van der Waals surface area contributed by atoms with Crippen LogP contribution in [0.3, 0.4) is 0 Å². The van der Waals surface area contributed by atoms with Crippen molar-refractivity contribution in [2.24, 2.45) is 0 Å². The summed E-state index contributed by atoms with van der Waals surface area (Å²) in [5.41, 5.74) is 2.33. The minimum Gasteiger partial charge on any atom is -0.390 e. The summed E-state index contributed by atoms with van der Waals surface area (Å²) in [6, 6.07) is 5.81. The Bertz CT molecular complexity index is 592. The fraction of sp³-hybridized carbons (Fsp3) is 0.0909. The van der Waals surface area contributed by atoms with E-state index in [0.29, 0.717) is 11.5 Å². The van der Waals surface area contributed by atoms with Gasteiger partial charge in [-0.15, -0.1) is 0 Å². The van der Waals surface area contributed by atoms with Gasteiger partial charge in [0.25, 0.3) is 0 Å². The molecule has 2 N–H and O–H groups in total. The highest BCUT2D eigenvalue weighted by Crippen LogP contribution is 2.15. The van der Waals surface area contributed by atoms with E-state index in [4.69, 9.17) is 5.11 Å². The van der Waals surface area contributed by atoms with Crippen molar-refractivity contribution in [3.8, 4) is 11.5 Å². The van der Waals surface area contributed by atoms with Crippen molar-refractivity contribution in [2.45, 2.75) is 6.61 Å². The van der Waals surface area contributed by atoms with Gasteiger partial charge >= 0.3 is 0 Å². The van der Waals surface area contributed by atoms with E-state index in [1.54, 1.807) is 6.20 Å². The van der Waals surface area contributed by atoms with E-state index < -0.39 is 0 Å². The lowest BCUT2D eigenvalue weighted by atomic mass is 10.4. The maximum absolute atomic E-state index is 8.94. The summed E-state index contributed by atoms with van der Waals surface area (Å²) >= 11 is 0. The normalized spacial score (nSPS) is 11.1. The summed E-state index contributed by atoms with van der Waals surface area (Å²) in [7, 11) is 0. The SMILES string of the molecule is OCc1cnc(-c2cn3ccccc3n2)[nH]1. The number of fused-ring (bicyclic) bond motifs is 1. The Morgan fingerprint density at radius 1 is 1.38 bits per heavy atom. The Balaban J connectivity index is 2.11. The smallest absolute Gasteiger partial charge is 0.157 e. The van der Waals surface area contributed by atoms with Gasteiger partial charge in [0.05, 0.1) is 18.5 Å². The molecule has 80 valence electrons. The molecule has 0 saturated heterocycles. The molecule has 0 radical (unpaired) electrons. The van der Waals surface area contributed by atoms with Crippen LogP contribution in [-0.2, 0) is 6.61 Å². The largest absolute Gasteiger partial charge is 0.390 e. The fourth-order valence-electron chi connectivity index (χ4n) is 1.62. The Morgan fingerprint density at radius 2 is 2.31 bits per heavy atom. The zero-order valence-corrected chi connectivity index (χ0v) is 8.46. The number of nitrogens with one attached hydrogen (secondary N) is 1. The molecule has 0 aliphatic carbocycles. The number of hydrogen-bond donors (Lipinski definition) is 2. The molecule has 0 aliphatic rings. The van der Waals surface area contributed by atoms with Gasteiger partial charge in [-0.2, -0.15) is 0 Å². The maximum atomic E-state index is 8.94. The standard InChI is InChI=1S/C11H10N4O/c16-7-8-5-12-11(13-8)9-6-15-4-2-1-3-10(15)14-9/h1-6,16H,7H2,(H,12,13). The molecule has 0 aromatic carbocycles. The maximum Gasteiger partial charge on any atom is 0.157 e. The molecule has 3 rings (SSSR count). The van der Waals surface area contributed by atoms with Gasteiger partial charge in [0.1, 0.15) is 11.3 Å². The Morgan fingerprint density at radius 3 is 3.06 bits per heavy atom. The van der Waals surface area contributed by atoms with Gasteiger partial charge in [-0.1, -0.05) is 6.07 Å². The molecule has 0 bridgehead atoms.